The predicted molar refractivity (Wildman–Crippen MR) is 202 cm³/mol. The number of ether oxygens (including phenoxy) is 2. The summed E-state index contributed by atoms with van der Waals surface area (Å²) in [5.74, 6) is -0.127. The van der Waals surface area contributed by atoms with Gasteiger partial charge in [0.2, 0.25) is 0 Å². The molecule has 7 rings (SSSR count). The van der Waals surface area contributed by atoms with Crippen LogP contribution in [0, 0.1) is 16.0 Å². The largest absolute Gasteiger partial charge is 0.392 e. The van der Waals surface area contributed by atoms with Gasteiger partial charge in [0.15, 0.2) is 6.29 Å². The Balaban J connectivity index is 1.06. The van der Waals surface area contributed by atoms with E-state index in [0.29, 0.717) is 12.1 Å². The van der Waals surface area contributed by atoms with Crippen molar-refractivity contribution < 1.29 is 24.3 Å². The van der Waals surface area contributed by atoms with Crippen LogP contribution in [0.1, 0.15) is 51.9 Å². The van der Waals surface area contributed by atoms with Crippen LogP contribution in [0.25, 0.3) is 11.1 Å². The van der Waals surface area contributed by atoms with Crippen molar-refractivity contribution in [1.29, 1.82) is 0 Å². The number of anilines is 1. The third-order valence-corrected chi connectivity index (χ3v) is 10.2. The van der Waals surface area contributed by atoms with Crippen molar-refractivity contribution in [2.24, 2.45) is 5.92 Å². The van der Waals surface area contributed by atoms with Crippen LogP contribution in [0.4, 0.5) is 11.4 Å². The molecule has 2 saturated heterocycles. The SMILES string of the molecule is CC1C(CN2CCN(c3ccc([N+](=O)[O-])cc3)CC2)OC(c2ccc(-c3ccccc3CNC(=O)c3cccnc3)cc2)OC1c1ccc(CO)cc1. The lowest BCUT2D eigenvalue weighted by molar-refractivity contribution is -0.384. The molecule has 2 fully saturated rings. The smallest absolute Gasteiger partial charge is 0.269 e. The average Bonchev–Trinajstić information content (AvgIpc) is 3.21. The summed E-state index contributed by atoms with van der Waals surface area (Å²) >= 11 is 0. The van der Waals surface area contributed by atoms with E-state index in [9.17, 15) is 20.0 Å². The van der Waals surface area contributed by atoms with Crippen LogP contribution in [-0.2, 0) is 22.6 Å². The second-order valence-corrected chi connectivity index (χ2v) is 13.6. The minimum Gasteiger partial charge on any atom is -0.392 e. The molecule has 0 bridgehead atoms. The van der Waals surface area contributed by atoms with E-state index in [-0.39, 0.29) is 41.3 Å². The zero-order valence-electron chi connectivity index (χ0n) is 29.6. The maximum absolute atomic E-state index is 12.7. The monoisotopic (exact) mass is 713 g/mol. The molecule has 4 atom stereocenters. The molecule has 272 valence electrons. The molecule has 1 amide bonds. The zero-order chi connectivity index (χ0) is 36.7. The number of benzene rings is 4. The number of piperazine rings is 1. The second kappa shape index (κ2) is 16.5. The highest BCUT2D eigenvalue weighted by Gasteiger charge is 2.39. The molecule has 0 saturated carbocycles. The average molecular weight is 714 g/mol. The van der Waals surface area contributed by atoms with Crippen LogP contribution in [0.15, 0.2) is 122 Å². The third kappa shape index (κ3) is 8.45. The van der Waals surface area contributed by atoms with E-state index in [4.69, 9.17) is 9.47 Å². The molecule has 4 unspecified atom stereocenters. The standard InChI is InChI=1S/C42H43N5O6/c1-29-39(27-45-21-23-46(24-22-45)36-16-18-37(19-17-36)47(50)51)52-42(53-40(29)32-10-8-30(28-48)9-11-32)33-14-12-31(13-15-33)38-7-3-2-5-34(38)26-44-41(49)35-6-4-20-43-25-35/h2-20,25,29,39-40,42,48H,21-24,26-28H2,1H3,(H,44,49). The molecule has 11 heteroatoms. The first-order valence-corrected chi connectivity index (χ1v) is 17.9. The molecular weight excluding hydrogens is 670 g/mol. The Morgan fingerprint density at radius 1 is 0.887 bits per heavy atom. The van der Waals surface area contributed by atoms with Gasteiger partial charge < -0.3 is 24.8 Å². The number of aliphatic hydroxyl groups is 1. The maximum Gasteiger partial charge on any atom is 0.269 e. The minimum atomic E-state index is -0.594. The van der Waals surface area contributed by atoms with Crippen LogP contribution in [-0.4, -0.2) is 64.6 Å². The van der Waals surface area contributed by atoms with Crippen molar-refractivity contribution in [3.8, 4) is 11.1 Å². The molecule has 2 aliphatic rings. The Labute approximate surface area is 309 Å². The molecule has 3 heterocycles. The van der Waals surface area contributed by atoms with Gasteiger partial charge in [0.25, 0.3) is 11.6 Å². The number of non-ortho nitro benzene ring substituents is 1. The number of amides is 1. The lowest BCUT2D eigenvalue weighted by atomic mass is 9.89. The van der Waals surface area contributed by atoms with Crippen LogP contribution in [0.2, 0.25) is 0 Å². The van der Waals surface area contributed by atoms with E-state index in [1.54, 1.807) is 36.7 Å². The number of carbonyl (C=O) groups excluding carboxylic acids is 1. The van der Waals surface area contributed by atoms with Gasteiger partial charge in [0.05, 0.1) is 29.3 Å². The Kier molecular flexibility index (Phi) is 11.2. The summed E-state index contributed by atoms with van der Waals surface area (Å²) in [6.45, 7) is 6.54. The molecule has 1 aromatic heterocycles. The van der Waals surface area contributed by atoms with Crippen LogP contribution in [0.5, 0.6) is 0 Å². The Morgan fingerprint density at radius 2 is 1.60 bits per heavy atom. The summed E-state index contributed by atoms with van der Waals surface area (Å²) < 4.78 is 13.5. The highest BCUT2D eigenvalue weighted by molar-refractivity contribution is 5.93. The zero-order valence-corrected chi connectivity index (χ0v) is 29.6. The van der Waals surface area contributed by atoms with Crippen molar-refractivity contribution in [3.63, 3.8) is 0 Å². The first kappa shape index (κ1) is 35.9. The van der Waals surface area contributed by atoms with Crippen LogP contribution in [0.3, 0.4) is 0 Å². The van der Waals surface area contributed by atoms with Crippen molar-refractivity contribution in [3.05, 3.63) is 160 Å². The van der Waals surface area contributed by atoms with Crippen molar-refractivity contribution in [2.45, 2.75) is 38.6 Å². The van der Waals surface area contributed by atoms with Crippen LogP contribution >= 0.6 is 0 Å². The number of nitrogens with one attached hydrogen (secondary N) is 1. The van der Waals surface area contributed by atoms with E-state index in [1.165, 1.54) is 0 Å². The molecule has 5 aromatic rings. The number of pyridine rings is 1. The molecule has 4 aromatic carbocycles. The summed E-state index contributed by atoms with van der Waals surface area (Å²) in [5.41, 5.74) is 7.43. The van der Waals surface area contributed by atoms with E-state index in [0.717, 1.165) is 71.8 Å². The normalized spacial score (nSPS) is 20.5. The first-order chi connectivity index (χ1) is 25.9. The number of nitrogens with zero attached hydrogens (tertiary/aromatic N) is 4. The molecule has 0 radical (unpaired) electrons. The number of rotatable bonds is 11. The fraction of sp³-hybridized carbons (Fsp3) is 0.286. The summed E-state index contributed by atoms with van der Waals surface area (Å²) in [5, 5.41) is 23.8. The molecule has 0 aliphatic carbocycles. The van der Waals surface area contributed by atoms with Gasteiger partial charge in [-0.15, -0.1) is 0 Å². The Morgan fingerprint density at radius 3 is 2.28 bits per heavy atom. The van der Waals surface area contributed by atoms with E-state index >= 15 is 0 Å². The van der Waals surface area contributed by atoms with E-state index < -0.39 is 6.29 Å². The molecule has 11 nitrogen and oxygen atoms in total. The summed E-state index contributed by atoms with van der Waals surface area (Å²) in [6.07, 6.45) is 2.26. The van der Waals surface area contributed by atoms with E-state index in [1.807, 2.05) is 66.7 Å². The van der Waals surface area contributed by atoms with Gasteiger partial charge in [0.1, 0.15) is 0 Å². The summed E-state index contributed by atoms with van der Waals surface area (Å²) in [6, 6.07) is 34.5. The van der Waals surface area contributed by atoms with Crippen LogP contribution < -0.4 is 10.2 Å². The Hall–Kier alpha value is -5.46. The maximum atomic E-state index is 12.7. The van der Waals surface area contributed by atoms with Gasteiger partial charge in [-0.2, -0.15) is 0 Å². The van der Waals surface area contributed by atoms with Gasteiger partial charge in [-0.1, -0.05) is 79.7 Å². The number of aliphatic hydroxyl groups excluding tert-OH is 1. The fourth-order valence-corrected chi connectivity index (χ4v) is 7.11. The molecular formula is C42H43N5O6. The molecule has 0 spiro atoms. The van der Waals surface area contributed by atoms with Crippen molar-refractivity contribution in [1.82, 2.24) is 15.2 Å². The number of hydrogen-bond acceptors (Lipinski definition) is 9. The van der Waals surface area contributed by atoms with Gasteiger partial charge in [-0.05, 0) is 52.1 Å². The fourth-order valence-electron chi connectivity index (χ4n) is 7.11. The summed E-state index contributed by atoms with van der Waals surface area (Å²) in [4.78, 5) is 32.2. The number of nitro groups is 1. The first-order valence-electron chi connectivity index (χ1n) is 17.9. The number of carbonyl (C=O) groups is 1. The van der Waals surface area contributed by atoms with Gasteiger partial charge in [-0.3, -0.25) is 24.8 Å². The quantitative estimate of drug-likeness (QED) is 0.114. The molecule has 2 aliphatic heterocycles. The number of aromatic nitrogens is 1. The second-order valence-electron chi connectivity index (χ2n) is 13.6. The highest BCUT2D eigenvalue weighted by atomic mass is 16.7. The number of hydrogen-bond donors (Lipinski definition) is 2. The van der Waals surface area contributed by atoms with Gasteiger partial charge in [-0.25, -0.2) is 0 Å². The highest BCUT2D eigenvalue weighted by Crippen LogP contribution is 2.42. The lowest BCUT2D eigenvalue weighted by Gasteiger charge is -2.44. The molecule has 53 heavy (non-hydrogen) atoms. The summed E-state index contributed by atoms with van der Waals surface area (Å²) in [7, 11) is 0. The Bertz CT molecular complexity index is 1980. The third-order valence-electron chi connectivity index (χ3n) is 10.2. The lowest BCUT2D eigenvalue weighted by Crippen LogP contribution is -2.51. The van der Waals surface area contributed by atoms with E-state index in [2.05, 4.69) is 45.2 Å². The van der Waals surface area contributed by atoms with Crippen molar-refractivity contribution in [2.75, 3.05) is 37.6 Å². The van der Waals surface area contributed by atoms with Gasteiger partial charge in [0, 0.05) is 81.0 Å². The minimum absolute atomic E-state index is 0.0199. The van der Waals surface area contributed by atoms with Gasteiger partial charge >= 0.3 is 0 Å². The van der Waals surface area contributed by atoms with Crippen molar-refractivity contribution >= 4 is 17.3 Å². The molecule has 2 N–H and O–H groups in total. The number of nitro benzene ring substituents is 1. The topological polar surface area (TPSA) is 130 Å². The predicted octanol–water partition coefficient (Wildman–Crippen LogP) is 6.69.